The minimum absolute atomic E-state index is 0.562. The highest BCUT2D eigenvalue weighted by molar-refractivity contribution is 7.13. The van der Waals surface area contributed by atoms with Gasteiger partial charge in [-0.1, -0.05) is 36.4 Å². The van der Waals surface area contributed by atoms with E-state index in [9.17, 15) is 0 Å². The van der Waals surface area contributed by atoms with Gasteiger partial charge in [0.05, 0.1) is 17.1 Å². The van der Waals surface area contributed by atoms with Crippen LogP contribution >= 0.6 is 11.3 Å². The number of benzene rings is 1. The highest BCUT2D eigenvalue weighted by Gasteiger charge is 2.25. The summed E-state index contributed by atoms with van der Waals surface area (Å²) in [6, 6.07) is 14.7. The first-order chi connectivity index (χ1) is 12.8. The molecule has 0 bridgehead atoms. The molecule has 134 valence electrons. The number of nitrogens with one attached hydrogen (secondary N) is 1. The predicted molar refractivity (Wildman–Crippen MR) is 105 cm³/mol. The molecular weight excluding hydrogens is 344 g/mol. The van der Waals surface area contributed by atoms with Crippen LogP contribution in [0.3, 0.4) is 0 Å². The van der Waals surface area contributed by atoms with E-state index in [0.29, 0.717) is 18.4 Å². The maximum atomic E-state index is 5.58. The monoisotopic (exact) mass is 366 g/mol. The minimum atomic E-state index is 0.562. The number of hydrogen-bond donors (Lipinski definition) is 1. The molecule has 0 aliphatic carbocycles. The summed E-state index contributed by atoms with van der Waals surface area (Å²) in [5, 5.41) is 5.44. The molecule has 1 unspecified atom stereocenters. The molecule has 1 fully saturated rings. The van der Waals surface area contributed by atoms with Crippen LogP contribution in [0.15, 0.2) is 63.5 Å². The van der Waals surface area contributed by atoms with Crippen molar-refractivity contribution in [2.75, 3.05) is 20.1 Å². The molecule has 5 nitrogen and oxygen atoms in total. The zero-order chi connectivity index (χ0) is 17.8. The summed E-state index contributed by atoms with van der Waals surface area (Å²) in [7, 11) is 1.83. The number of likely N-dealkylation sites (tertiary alicyclic amines) is 1. The Hall–Kier alpha value is -2.60. The normalized spacial score (nSPS) is 17.7. The average molecular weight is 366 g/mol. The van der Waals surface area contributed by atoms with Crippen LogP contribution < -0.4 is 5.32 Å². The second kappa shape index (κ2) is 7.74. The summed E-state index contributed by atoms with van der Waals surface area (Å²) >= 11 is 1.63. The second-order valence-corrected chi connectivity index (χ2v) is 7.31. The minimum Gasteiger partial charge on any atom is -0.443 e. The maximum absolute atomic E-state index is 5.58. The summed E-state index contributed by atoms with van der Waals surface area (Å²) in [5.41, 5.74) is 2.29. The lowest BCUT2D eigenvalue weighted by Gasteiger charge is -2.21. The van der Waals surface area contributed by atoms with Crippen molar-refractivity contribution in [2.24, 2.45) is 4.99 Å². The van der Waals surface area contributed by atoms with Gasteiger partial charge < -0.3 is 14.6 Å². The van der Waals surface area contributed by atoms with Crippen LogP contribution in [0.2, 0.25) is 0 Å². The molecule has 0 radical (unpaired) electrons. The number of thiophene rings is 1. The van der Waals surface area contributed by atoms with Gasteiger partial charge in [-0.25, -0.2) is 4.98 Å². The van der Waals surface area contributed by atoms with Crippen LogP contribution in [0.4, 0.5) is 0 Å². The number of hydrogen-bond acceptors (Lipinski definition) is 4. The predicted octanol–water partition coefficient (Wildman–Crippen LogP) is 3.97. The Kier molecular flexibility index (Phi) is 5.02. The first kappa shape index (κ1) is 16.8. The van der Waals surface area contributed by atoms with Crippen molar-refractivity contribution in [3.63, 3.8) is 0 Å². The van der Waals surface area contributed by atoms with Crippen LogP contribution in [0.1, 0.15) is 23.6 Å². The fraction of sp³-hybridized carbons (Fsp3) is 0.300. The summed E-state index contributed by atoms with van der Waals surface area (Å²) in [5.74, 6) is 2.16. The number of rotatable bonds is 4. The van der Waals surface area contributed by atoms with E-state index in [-0.39, 0.29) is 0 Å². The molecule has 26 heavy (non-hydrogen) atoms. The molecule has 1 aromatic carbocycles. The Balaban J connectivity index is 1.35. The van der Waals surface area contributed by atoms with E-state index in [4.69, 9.17) is 4.42 Å². The maximum Gasteiger partial charge on any atom is 0.236 e. The van der Waals surface area contributed by atoms with Crippen molar-refractivity contribution >= 4 is 17.3 Å². The molecule has 0 spiro atoms. The van der Waals surface area contributed by atoms with Gasteiger partial charge in [-0.2, -0.15) is 0 Å². The molecule has 3 heterocycles. The van der Waals surface area contributed by atoms with Crippen molar-refractivity contribution in [3.8, 4) is 10.8 Å². The molecule has 6 heteroatoms. The van der Waals surface area contributed by atoms with Crippen molar-refractivity contribution in [1.29, 1.82) is 0 Å². The Morgan fingerprint density at radius 3 is 2.96 bits per heavy atom. The van der Waals surface area contributed by atoms with Gasteiger partial charge in [0.25, 0.3) is 0 Å². The quantitative estimate of drug-likeness (QED) is 0.561. The highest BCUT2D eigenvalue weighted by atomic mass is 32.1. The summed E-state index contributed by atoms with van der Waals surface area (Å²) in [6.45, 7) is 2.61. The van der Waals surface area contributed by atoms with Crippen molar-refractivity contribution in [2.45, 2.75) is 18.9 Å². The Morgan fingerprint density at radius 1 is 1.31 bits per heavy atom. The van der Waals surface area contributed by atoms with E-state index in [2.05, 4.69) is 50.5 Å². The van der Waals surface area contributed by atoms with Crippen LogP contribution in [0.5, 0.6) is 0 Å². The standard InChI is InChI=1S/C20H22N4OS/c1-21-20(24-10-9-16(13-24)15-6-3-2-4-7-15)22-12-17-14-25-19(23-17)18-8-5-11-26-18/h2-8,11,14,16H,9-10,12-13H2,1H3,(H,21,22). The molecule has 1 aliphatic rings. The highest BCUT2D eigenvalue weighted by Crippen LogP contribution is 2.27. The van der Waals surface area contributed by atoms with Crippen molar-refractivity contribution < 1.29 is 4.42 Å². The van der Waals surface area contributed by atoms with Gasteiger partial charge >= 0.3 is 0 Å². The number of aromatic nitrogens is 1. The van der Waals surface area contributed by atoms with Crippen LogP contribution in [-0.4, -0.2) is 36.0 Å². The zero-order valence-corrected chi connectivity index (χ0v) is 15.6. The van der Waals surface area contributed by atoms with Crippen molar-refractivity contribution in [1.82, 2.24) is 15.2 Å². The Bertz CT molecular complexity index is 857. The number of guanidine groups is 1. The average Bonchev–Trinajstić information content (AvgIpc) is 3.44. The fourth-order valence-electron chi connectivity index (χ4n) is 3.35. The smallest absolute Gasteiger partial charge is 0.236 e. The summed E-state index contributed by atoms with van der Waals surface area (Å²) in [4.78, 5) is 12.4. The molecular formula is C20H22N4OS. The third kappa shape index (κ3) is 3.65. The number of nitrogens with zero attached hydrogens (tertiary/aromatic N) is 3. The van der Waals surface area contributed by atoms with E-state index in [0.717, 1.165) is 36.0 Å². The third-order valence-corrected chi connectivity index (χ3v) is 5.54. The second-order valence-electron chi connectivity index (χ2n) is 6.36. The Morgan fingerprint density at radius 2 is 2.19 bits per heavy atom. The van der Waals surface area contributed by atoms with Gasteiger partial charge in [0, 0.05) is 26.1 Å². The van der Waals surface area contributed by atoms with E-state index in [1.165, 1.54) is 5.56 Å². The first-order valence-electron chi connectivity index (χ1n) is 8.82. The van der Waals surface area contributed by atoms with Crippen LogP contribution in [0.25, 0.3) is 10.8 Å². The van der Waals surface area contributed by atoms with Gasteiger partial charge in [-0.15, -0.1) is 11.3 Å². The molecule has 0 saturated carbocycles. The molecule has 2 aromatic heterocycles. The summed E-state index contributed by atoms with van der Waals surface area (Å²) < 4.78 is 5.58. The van der Waals surface area contributed by atoms with E-state index in [1.54, 1.807) is 17.6 Å². The molecule has 1 aliphatic heterocycles. The molecule has 3 aromatic rings. The first-order valence-corrected chi connectivity index (χ1v) is 9.70. The lowest BCUT2D eigenvalue weighted by Crippen LogP contribution is -2.39. The van der Waals surface area contributed by atoms with Gasteiger partial charge in [0.1, 0.15) is 6.26 Å². The third-order valence-electron chi connectivity index (χ3n) is 4.68. The topological polar surface area (TPSA) is 53.7 Å². The van der Waals surface area contributed by atoms with E-state index < -0.39 is 0 Å². The van der Waals surface area contributed by atoms with Gasteiger partial charge in [0.15, 0.2) is 5.96 Å². The van der Waals surface area contributed by atoms with Crippen molar-refractivity contribution in [3.05, 3.63) is 65.4 Å². The van der Waals surface area contributed by atoms with Gasteiger partial charge in [-0.05, 0) is 23.4 Å². The van der Waals surface area contributed by atoms with E-state index >= 15 is 0 Å². The molecule has 1 N–H and O–H groups in total. The van der Waals surface area contributed by atoms with E-state index in [1.807, 2.05) is 24.6 Å². The number of aliphatic imine (C=N–C) groups is 1. The molecule has 0 amide bonds. The lowest BCUT2D eigenvalue weighted by atomic mass is 9.99. The largest absolute Gasteiger partial charge is 0.443 e. The SMILES string of the molecule is CN=C(NCc1coc(-c2cccs2)n1)N1CCC(c2ccccc2)C1. The molecule has 4 rings (SSSR count). The lowest BCUT2D eigenvalue weighted by molar-refractivity contribution is 0.485. The van der Waals surface area contributed by atoms with Crippen LogP contribution in [0, 0.1) is 0 Å². The Labute approximate surface area is 157 Å². The molecule has 1 saturated heterocycles. The van der Waals surface area contributed by atoms with Crippen LogP contribution in [-0.2, 0) is 6.54 Å². The number of oxazole rings is 1. The van der Waals surface area contributed by atoms with Gasteiger partial charge in [0.2, 0.25) is 5.89 Å². The zero-order valence-electron chi connectivity index (χ0n) is 14.8. The van der Waals surface area contributed by atoms with Gasteiger partial charge in [-0.3, -0.25) is 4.99 Å². The fourth-order valence-corrected chi connectivity index (χ4v) is 4.01. The summed E-state index contributed by atoms with van der Waals surface area (Å²) in [6.07, 6.45) is 2.86. The molecule has 1 atom stereocenters.